The summed E-state index contributed by atoms with van der Waals surface area (Å²) in [6.07, 6.45) is 1.30. The number of aryl methyl sites for hydroxylation is 1. The fraction of sp³-hybridized carbons (Fsp3) is 0.267. The van der Waals surface area contributed by atoms with Gasteiger partial charge in [-0.3, -0.25) is 19.1 Å². The fourth-order valence-corrected chi connectivity index (χ4v) is 2.54. The van der Waals surface area contributed by atoms with Gasteiger partial charge in [-0.2, -0.15) is 0 Å². The number of carbonyl (C=O) groups is 1. The largest absolute Gasteiger partial charge is 0.348 e. The molecule has 1 atom stereocenters. The van der Waals surface area contributed by atoms with E-state index in [1.54, 1.807) is 0 Å². The molecule has 0 aliphatic rings. The minimum Gasteiger partial charge on any atom is -0.348 e. The number of aromatic amines is 1. The summed E-state index contributed by atoms with van der Waals surface area (Å²) in [7, 11) is 0. The van der Waals surface area contributed by atoms with E-state index in [0.29, 0.717) is 0 Å². The van der Waals surface area contributed by atoms with Crippen LogP contribution in [0.3, 0.4) is 0 Å². The molecule has 1 amide bonds. The SMILES string of the molecule is Cc1ccccc1[C@@H](C)NC(=O)Cn1cc(Br)c(=O)[nH]c1=O. The predicted octanol–water partition coefficient (Wildman–Crippen LogP) is 1.48. The number of benzene rings is 1. The van der Waals surface area contributed by atoms with E-state index in [4.69, 9.17) is 0 Å². The summed E-state index contributed by atoms with van der Waals surface area (Å²) in [5, 5.41) is 2.84. The third-order valence-electron chi connectivity index (χ3n) is 3.31. The number of H-pyrrole nitrogens is 1. The molecule has 0 saturated carbocycles. The molecule has 0 fully saturated rings. The molecule has 0 unspecified atom stereocenters. The standard InChI is InChI=1S/C15H16BrN3O3/c1-9-5-3-4-6-11(9)10(2)17-13(20)8-19-7-12(16)14(21)18-15(19)22/h3-7,10H,8H2,1-2H3,(H,17,20)(H,18,21,22)/t10-/m1/s1. The Morgan fingerprint density at radius 1 is 1.36 bits per heavy atom. The van der Waals surface area contributed by atoms with Crippen LogP contribution in [0, 0.1) is 6.92 Å². The zero-order valence-electron chi connectivity index (χ0n) is 12.2. The highest BCUT2D eigenvalue weighted by Gasteiger charge is 2.13. The third kappa shape index (κ3) is 3.73. The minimum absolute atomic E-state index is 0.162. The molecule has 2 N–H and O–H groups in total. The Bertz CT molecular complexity index is 810. The van der Waals surface area contributed by atoms with Crippen molar-refractivity contribution < 1.29 is 4.79 Å². The number of hydrogen-bond donors (Lipinski definition) is 2. The van der Waals surface area contributed by atoms with Crippen molar-refractivity contribution in [3.8, 4) is 0 Å². The van der Waals surface area contributed by atoms with Gasteiger partial charge in [0.15, 0.2) is 0 Å². The molecule has 0 saturated heterocycles. The zero-order chi connectivity index (χ0) is 16.3. The molecule has 0 bridgehead atoms. The lowest BCUT2D eigenvalue weighted by atomic mass is 10.0. The van der Waals surface area contributed by atoms with Gasteiger partial charge in [0.05, 0.1) is 10.5 Å². The second-order valence-corrected chi connectivity index (χ2v) is 5.86. The second kappa shape index (κ2) is 6.74. The molecule has 0 aliphatic heterocycles. The smallest absolute Gasteiger partial charge is 0.328 e. The Balaban J connectivity index is 2.11. The molecule has 1 aromatic heterocycles. The number of nitrogens with zero attached hydrogens (tertiary/aromatic N) is 1. The lowest BCUT2D eigenvalue weighted by molar-refractivity contribution is -0.122. The van der Waals surface area contributed by atoms with Gasteiger partial charge in [0, 0.05) is 6.20 Å². The summed E-state index contributed by atoms with van der Waals surface area (Å²) < 4.78 is 1.35. The molecular formula is C15H16BrN3O3. The molecule has 7 heteroatoms. The van der Waals surface area contributed by atoms with Gasteiger partial charge in [0.2, 0.25) is 5.91 Å². The lowest BCUT2D eigenvalue weighted by Crippen LogP contribution is -2.36. The van der Waals surface area contributed by atoms with E-state index < -0.39 is 11.2 Å². The van der Waals surface area contributed by atoms with Crippen molar-refractivity contribution in [2.24, 2.45) is 0 Å². The van der Waals surface area contributed by atoms with E-state index in [2.05, 4.69) is 26.2 Å². The van der Waals surface area contributed by atoms with Gasteiger partial charge in [-0.1, -0.05) is 24.3 Å². The van der Waals surface area contributed by atoms with Gasteiger partial charge in [0.1, 0.15) is 6.54 Å². The van der Waals surface area contributed by atoms with Crippen LogP contribution in [0.25, 0.3) is 0 Å². The maximum Gasteiger partial charge on any atom is 0.328 e. The highest BCUT2D eigenvalue weighted by atomic mass is 79.9. The Kier molecular flexibility index (Phi) is 4.97. The van der Waals surface area contributed by atoms with Crippen molar-refractivity contribution in [2.75, 3.05) is 0 Å². The topological polar surface area (TPSA) is 84.0 Å². The summed E-state index contributed by atoms with van der Waals surface area (Å²) >= 11 is 3.03. The maximum absolute atomic E-state index is 12.1. The van der Waals surface area contributed by atoms with Crippen LogP contribution in [0.5, 0.6) is 0 Å². The highest BCUT2D eigenvalue weighted by molar-refractivity contribution is 9.10. The van der Waals surface area contributed by atoms with Crippen molar-refractivity contribution in [3.05, 3.63) is 66.9 Å². The predicted molar refractivity (Wildman–Crippen MR) is 86.8 cm³/mol. The van der Waals surface area contributed by atoms with Crippen LogP contribution in [0.1, 0.15) is 24.1 Å². The van der Waals surface area contributed by atoms with Crippen LogP contribution in [-0.4, -0.2) is 15.5 Å². The third-order valence-corrected chi connectivity index (χ3v) is 3.88. The molecule has 0 radical (unpaired) electrons. The van der Waals surface area contributed by atoms with E-state index in [1.165, 1.54) is 6.20 Å². The lowest BCUT2D eigenvalue weighted by Gasteiger charge is -2.17. The van der Waals surface area contributed by atoms with Crippen molar-refractivity contribution in [2.45, 2.75) is 26.4 Å². The first-order valence-electron chi connectivity index (χ1n) is 6.72. The van der Waals surface area contributed by atoms with E-state index in [0.717, 1.165) is 15.7 Å². The van der Waals surface area contributed by atoms with Crippen molar-refractivity contribution in [1.82, 2.24) is 14.9 Å². The molecule has 1 aromatic carbocycles. The number of amides is 1. The zero-order valence-corrected chi connectivity index (χ0v) is 13.8. The van der Waals surface area contributed by atoms with E-state index >= 15 is 0 Å². The van der Waals surface area contributed by atoms with Crippen LogP contribution in [0.2, 0.25) is 0 Å². The number of aromatic nitrogens is 2. The van der Waals surface area contributed by atoms with Gasteiger partial charge in [0.25, 0.3) is 5.56 Å². The van der Waals surface area contributed by atoms with Gasteiger partial charge < -0.3 is 5.32 Å². The van der Waals surface area contributed by atoms with Crippen LogP contribution in [0.4, 0.5) is 0 Å². The van der Waals surface area contributed by atoms with Crippen LogP contribution in [0.15, 0.2) is 44.5 Å². The minimum atomic E-state index is -0.619. The Labute approximate surface area is 135 Å². The first kappa shape index (κ1) is 16.2. The summed E-state index contributed by atoms with van der Waals surface area (Å²) in [5.74, 6) is -0.309. The van der Waals surface area contributed by atoms with Gasteiger partial charge in [-0.25, -0.2) is 4.79 Å². The molecule has 1 heterocycles. The van der Waals surface area contributed by atoms with Crippen LogP contribution < -0.4 is 16.6 Å². The number of carbonyl (C=O) groups excluding carboxylic acids is 1. The number of nitrogens with one attached hydrogen (secondary N) is 2. The molecule has 116 valence electrons. The quantitative estimate of drug-likeness (QED) is 0.860. The van der Waals surface area contributed by atoms with Gasteiger partial charge >= 0.3 is 5.69 Å². The molecule has 0 aliphatic carbocycles. The molecule has 0 spiro atoms. The average Bonchev–Trinajstić information content (AvgIpc) is 2.45. The Morgan fingerprint density at radius 2 is 2.05 bits per heavy atom. The summed E-state index contributed by atoms with van der Waals surface area (Å²) in [5.41, 5.74) is 0.965. The monoisotopic (exact) mass is 365 g/mol. The first-order chi connectivity index (χ1) is 10.4. The van der Waals surface area contributed by atoms with E-state index in [9.17, 15) is 14.4 Å². The first-order valence-corrected chi connectivity index (χ1v) is 7.52. The second-order valence-electron chi connectivity index (χ2n) is 5.01. The molecule has 6 nitrogen and oxygen atoms in total. The summed E-state index contributed by atoms with van der Waals surface area (Å²) in [4.78, 5) is 37.1. The molecule has 22 heavy (non-hydrogen) atoms. The number of halogens is 1. The number of rotatable bonds is 4. The normalized spacial score (nSPS) is 12.0. The average molecular weight is 366 g/mol. The molecule has 2 rings (SSSR count). The maximum atomic E-state index is 12.1. The summed E-state index contributed by atoms with van der Waals surface area (Å²) in [6.45, 7) is 3.69. The highest BCUT2D eigenvalue weighted by Crippen LogP contribution is 2.16. The van der Waals surface area contributed by atoms with Crippen LogP contribution >= 0.6 is 15.9 Å². The Hall–Kier alpha value is -2.15. The van der Waals surface area contributed by atoms with E-state index in [1.807, 2.05) is 38.1 Å². The van der Waals surface area contributed by atoms with Gasteiger partial charge in [-0.15, -0.1) is 0 Å². The molecule has 2 aromatic rings. The van der Waals surface area contributed by atoms with Crippen molar-refractivity contribution >= 4 is 21.8 Å². The number of hydrogen-bond acceptors (Lipinski definition) is 3. The summed E-state index contributed by atoms with van der Waals surface area (Å²) in [6, 6.07) is 7.60. The van der Waals surface area contributed by atoms with E-state index in [-0.39, 0.29) is 23.0 Å². The van der Waals surface area contributed by atoms with Crippen molar-refractivity contribution in [1.29, 1.82) is 0 Å². The van der Waals surface area contributed by atoms with Crippen LogP contribution in [-0.2, 0) is 11.3 Å². The molecular weight excluding hydrogens is 350 g/mol. The Morgan fingerprint density at radius 3 is 2.73 bits per heavy atom. The van der Waals surface area contributed by atoms with Gasteiger partial charge in [-0.05, 0) is 40.9 Å². The van der Waals surface area contributed by atoms with Crippen molar-refractivity contribution in [3.63, 3.8) is 0 Å². The fourth-order valence-electron chi connectivity index (χ4n) is 2.19.